The second-order valence-corrected chi connectivity index (χ2v) is 7.03. The van der Waals surface area contributed by atoms with Gasteiger partial charge in [-0.1, -0.05) is 24.6 Å². The van der Waals surface area contributed by atoms with Crippen LogP contribution in [0.5, 0.6) is 0 Å². The topological polar surface area (TPSA) is 12.0 Å². The molecule has 1 N–H and O–H groups in total. The summed E-state index contributed by atoms with van der Waals surface area (Å²) in [4.78, 5) is 1.25. The Kier molecular flexibility index (Phi) is 5.84. The smallest absolute Gasteiger partial charge is 0.0417 e. The average molecular weight is 272 g/mol. The van der Waals surface area contributed by atoms with Gasteiger partial charge in [0, 0.05) is 21.2 Å². The van der Waals surface area contributed by atoms with Crippen molar-refractivity contribution in [3.63, 3.8) is 0 Å². The number of nitrogens with one attached hydrogen (secondary N) is 1. The highest BCUT2D eigenvalue weighted by Gasteiger charge is 2.11. The second kappa shape index (κ2) is 6.67. The van der Waals surface area contributed by atoms with Gasteiger partial charge in [-0.15, -0.1) is 11.8 Å². The second-order valence-electron chi connectivity index (χ2n) is 5.50. The Morgan fingerprint density at radius 3 is 2.65 bits per heavy atom. The van der Waals surface area contributed by atoms with Gasteiger partial charge >= 0.3 is 0 Å². The summed E-state index contributed by atoms with van der Waals surface area (Å²) in [5.74, 6) is 1.77. The van der Waals surface area contributed by atoms with Gasteiger partial charge in [-0.3, -0.25) is 0 Å². The molecule has 1 unspecified atom stereocenters. The first-order valence-corrected chi connectivity index (χ1v) is 7.36. The molecule has 0 saturated heterocycles. The molecule has 0 heterocycles. The standard InChI is InChI=1S/C14H22ClNS/c1-11(9-16-14(2,3)4)10-17-13-7-5-6-12(15)8-13/h5-8,11,16H,9-10H2,1-4H3. The van der Waals surface area contributed by atoms with E-state index in [1.54, 1.807) is 0 Å². The van der Waals surface area contributed by atoms with Crippen LogP contribution < -0.4 is 5.32 Å². The van der Waals surface area contributed by atoms with Crippen molar-refractivity contribution >= 4 is 23.4 Å². The van der Waals surface area contributed by atoms with Crippen LogP contribution in [-0.2, 0) is 0 Å². The first-order valence-electron chi connectivity index (χ1n) is 6.00. The highest BCUT2D eigenvalue weighted by atomic mass is 35.5. The summed E-state index contributed by atoms with van der Waals surface area (Å²) in [5, 5.41) is 4.35. The number of halogens is 1. The van der Waals surface area contributed by atoms with Crippen molar-refractivity contribution in [1.82, 2.24) is 5.32 Å². The number of thioether (sulfide) groups is 1. The Balaban J connectivity index is 2.31. The Morgan fingerprint density at radius 2 is 2.06 bits per heavy atom. The van der Waals surface area contributed by atoms with E-state index in [0.29, 0.717) is 5.92 Å². The van der Waals surface area contributed by atoms with E-state index >= 15 is 0 Å². The van der Waals surface area contributed by atoms with E-state index in [2.05, 4.69) is 39.1 Å². The lowest BCUT2D eigenvalue weighted by molar-refractivity contribution is 0.395. The molecular weight excluding hydrogens is 250 g/mol. The van der Waals surface area contributed by atoms with Gasteiger partial charge in [-0.25, -0.2) is 0 Å². The molecule has 0 aliphatic heterocycles. The maximum absolute atomic E-state index is 5.96. The molecule has 0 aliphatic rings. The number of benzene rings is 1. The fraction of sp³-hybridized carbons (Fsp3) is 0.571. The molecule has 1 rings (SSSR count). The number of hydrogen-bond donors (Lipinski definition) is 1. The Bertz CT molecular complexity index is 346. The van der Waals surface area contributed by atoms with Gasteiger partial charge in [0.2, 0.25) is 0 Å². The molecule has 1 nitrogen and oxygen atoms in total. The van der Waals surface area contributed by atoms with Crippen LogP contribution in [0.3, 0.4) is 0 Å². The maximum Gasteiger partial charge on any atom is 0.0417 e. The highest BCUT2D eigenvalue weighted by Crippen LogP contribution is 2.23. The Labute approximate surface area is 114 Å². The molecule has 0 aromatic heterocycles. The molecule has 0 spiro atoms. The highest BCUT2D eigenvalue weighted by molar-refractivity contribution is 7.99. The summed E-state index contributed by atoms with van der Waals surface area (Å²) in [6, 6.07) is 8.05. The van der Waals surface area contributed by atoms with Gasteiger partial charge in [0.05, 0.1) is 0 Å². The van der Waals surface area contributed by atoms with Crippen LogP contribution >= 0.6 is 23.4 Å². The quantitative estimate of drug-likeness (QED) is 0.794. The van der Waals surface area contributed by atoms with Gasteiger partial charge < -0.3 is 5.32 Å². The summed E-state index contributed by atoms with van der Waals surface area (Å²) < 4.78 is 0. The van der Waals surface area contributed by atoms with E-state index in [9.17, 15) is 0 Å². The molecule has 96 valence electrons. The zero-order valence-corrected chi connectivity index (χ0v) is 12.7. The normalized spacial score (nSPS) is 13.7. The molecule has 1 atom stereocenters. The lowest BCUT2D eigenvalue weighted by Gasteiger charge is -2.23. The lowest BCUT2D eigenvalue weighted by atomic mass is 10.1. The van der Waals surface area contributed by atoms with Crippen molar-refractivity contribution < 1.29 is 0 Å². The van der Waals surface area contributed by atoms with Crippen LogP contribution in [0, 0.1) is 5.92 Å². The predicted octanol–water partition coefficient (Wildman–Crippen LogP) is 4.46. The van der Waals surface area contributed by atoms with E-state index in [-0.39, 0.29) is 5.54 Å². The first kappa shape index (κ1) is 14.9. The van der Waals surface area contributed by atoms with Gasteiger partial charge in [-0.05, 0) is 51.4 Å². The van der Waals surface area contributed by atoms with E-state index in [4.69, 9.17) is 11.6 Å². The monoisotopic (exact) mass is 271 g/mol. The average Bonchev–Trinajstić information content (AvgIpc) is 2.23. The van der Waals surface area contributed by atoms with Crippen LogP contribution in [0.2, 0.25) is 5.02 Å². The molecule has 0 aliphatic carbocycles. The predicted molar refractivity (Wildman–Crippen MR) is 79.1 cm³/mol. The molecule has 0 radical (unpaired) electrons. The third-order valence-electron chi connectivity index (χ3n) is 2.31. The summed E-state index contributed by atoms with van der Waals surface area (Å²) in [6.45, 7) is 9.92. The summed E-state index contributed by atoms with van der Waals surface area (Å²) in [7, 11) is 0. The number of rotatable bonds is 5. The van der Waals surface area contributed by atoms with Gasteiger partial charge in [0.25, 0.3) is 0 Å². The molecule has 0 saturated carbocycles. The maximum atomic E-state index is 5.96. The molecule has 1 aromatic rings. The van der Waals surface area contributed by atoms with Crippen LogP contribution in [0.4, 0.5) is 0 Å². The molecule has 3 heteroatoms. The minimum atomic E-state index is 0.203. The minimum Gasteiger partial charge on any atom is -0.312 e. The van der Waals surface area contributed by atoms with E-state index in [1.807, 2.05) is 30.0 Å². The first-order chi connectivity index (χ1) is 7.87. The fourth-order valence-electron chi connectivity index (χ4n) is 1.33. The van der Waals surface area contributed by atoms with Crippen LogP contribution in [0.1, 0.15) is 27.7 Å². The van der Waals surface area contributed by atoms with Crippen molar-refractivity contribution in [2.45, 2.75) is 38.1 Å². The molecular formula is C14H22ClNS. The molecule has 0 bridgehead atoms. The lowest BCUT2D eigenvalue weighted by Crippen LogP contribution is -2.39. The van der Waals surface area contributed by atoms with E-state index in [0.717, 1.165) is 17.3 Å². The van der Waals surface area contributed by atoms with Gasteiger partial charge in [0.1, 0.15) is 0 Å². The minimum absolute atomic E-state index is 0.203. The zero-order valence-electron chi connectivity index (χ0n) is 11.1. The van der Waals surface area contributed by atoms with Crippen molar-refractivity contribution in [1.29, 1.82) is 0 Å². The van der Waals surface area contributed by atoms with Crippen LogP contribution in [-0.4, -0.2) is 17.8 Å². The molecule has 0 fully saturated rings. The number of hydrogen-bond acceptors (Lipinski definition) is 2. The summed E-state index contributed by atoms with van der Waals surface area (Å²) in [6.07, 6.45) is 0. The Hall–Kier alpha value is -0.180. The zero-order chi connectivity index (χ0) is 12.9. The summed E-state index contributed by atoms with van der Waals surface area (Å²) in [5.41, 5.74) is 0.203. The van der Waals surface area contributed by atoms with Crippen LogP contribution in [0.25, 0.3) is 0 Å². The van der Waals surface area contributed by atoms with Crippen LogP contribution in [0.15, 0.2) is 29.2 Å². The largest absolute Gasteiger partial charge is 0.312 e. The Morgan fingerprint density at radius 1 is 1.35 bits per heavy atom. The third kappa shape index (κ3) is 6.97. The van der Waals surface area contributed by atoms with Gasteiger partial charge in [0.15, 0.2) is 0 Å². The molecule has 0 amide bonds. The van der Waals surface area contributed by atoms with Gasteiger partial charge in [-0.2, -0.15) is 0 Å². The molecule has 17 heavy (non-hydrogen) atoms. The van der Waals surface area contributed by atoms with E-state index in [1.165, 1.54) is 4.90 Å². The fourth-order valence-corrected chi connectivity index (χ4v) is 2.57. The van der Waals surface area contributed by atoms with Crippen molar-refractivity contribution in [3.05, 3.63) is 29.3 Å². The van der Waals surface area contributed by atoms with E-state index < -0.39 is 0 Å². The van der Waals surface area contributed by atoms with Crippen molar-refractivity contribution in [2.24, 2.45) is 5.92 Å². The van der Waals surface area contributed by atoms with Crippen molar-refractivity contribution in [2.75, 3.05) is 12.3 Å². The molecule has 1 aromatic carbocycles. The SMILES string of the molecule is CC(CNC(C)(C)C)CSc1cccc(Cl)c1. The van der Waals surface area contributed by atoms with Crippen molar-refractivity contribution in [3.8, 4) is 0 Å². The summed E-state index contributed by atoms with van der Waals surface area (Å²) >= 11 is 7.82. The third-order valence-corrected chi connectivity index (χ3v) is 3.87.